The third-order valence-corrected chi connectivity index (χ3v) is 3.66. The highest BCUT2D eigenvalue weighted by molar-refractivity contribution is 5.98. The van der Waals surface area contributed by atoms with Crippen molar-refractivity contribution < 1.29 is 9.53 Å². The summed E-state index contributed by atoms with van der Waals surface area (Å²) >= 11 is 0. The molecule has 3 rings (SSSR count). The van der Waals surface area contributed by atoms with Gasteiger partial charge in [-0.05, 0) is 43.1 Å². The molecule has 3 N–H and O–H groups in total. The third kappa shape index (κ3) is 3.09. The first kappa shape index (κ1) is 15.2. The standard InChI is InChI=1S/C16H19N5O2/c1-2-23-16(22)15-12(5-6-17)13-7-11(3-4-14(13)20-15)8-21-10-18-9-19-21/h3-4,7,9-10,20H,2,5-6,8,17H2,1H3. The van der Waals surface area contributed by atoms with Crippen LogP contribution in [0.5, 0.6) is 0 Å². The molecule has 0 atom stereocenters. The number of aromatic nitrogens is 4. The minimum Gasteiger partial charge on any atom is -0.461 e. The third-order valence-electron chi connectivity index (χ3n) is 3.66. The fourth-order valence-corrected chi connectivity index (χ4v) is 2.68. The molecule has 0 aliphatic carbocycles. The summed E-state index contributed by atoms with van der Waals surface area (Å²) < 4.78 is 6.88. The van der Waals surface area contributed by atoms with Gasteiger partial charge >= 0.3 is 5.97 Å². The number of nitrogens with one attached hydrogen (secondary N) is 1. The van der Waals surface area contributed by atoms with Gasteiger partial charge in [-0.3, -0.25) is 0 Å². The maximum atomic E-state index is 12.1. The molecule has 0 fully saturated rings. The summed E-state index contributed by atoms with van der Waals surface area (Å²) in [4.78, 5) is 19.2. The van der Waals surface area contributed by atoms with Crippen LogP contribution in [0.2, 0.25) is 0 Å². The van der Waals surface area contributed by atoms with E-state index in [0.717, 1.165) is 22.0 Å². The van der Waals surface area contributed by atoms with Crippen molar-refractivity contribution >= 4 is 16.9 Å². The van der Waals surface area contributed by atoms with E-state index in [-0.39, 0.29) is 5.97 Å². The molecule has 3 aromatic rings. The molecule has 0 aliphatic heterocycles. The number of nitrogens with two attached hydrogens (primary N) is 1. The zero-order chi connectivity index (χ0) is 16.2. The van der Waals surface area contributed by atoms with Crippen LogP contribution in [0.1, 0.15) is 28.5 Å². The van der Waals surface area contributed by atoms with Crippen LogP contribution in [-0.4, -0.2) is 38.9 Å². The second kappa shape index (κ2) is 6.62. The van der Waals surface area contributed by atoms with Crippen LogP contribution in [0.15, 0.2) is 30.9 Å². The number of esters is 1. The van der Waals surface area contributed by atoms with Crippen LogP contribution in [0, 0.1) is 0 Å². The molecule has 2 heterocycles. The first-order valence-electron chi connectivity index (χ1n) is 7.56. The number of nitrogens with zero attached hydrogens (tertiary/aromatic N) is 3. The van der Waals surface area contributed by atoms with Crippen molar-refractivity contribution in [3.8, 4) is 0 Å². The Balaban J connectivity index is 2.02. The van der Waals surface area contributed by atoms with E-state index in [0.29, 0.717) is 31.8 Å². The number of ether oxygens (including phenoxy) is 1. The molecule has 0 amide bonds. The smallest absolute Gasteiger partial charge is 0.355 e. The molecule has 120 valence electrons. The summed E-state index contributed by atoms with van der Waals surface area (Å²) in [5, 5.41) is 5.11. The molecule has 7 nitrogen and oxygen atoms in total. The van der Waals surface area contributed by atoms with E-state index in [1.54, 1.807) is 17.9 Å². The zero-order valence-corrected chi connectivity index (χ0v) is 13.0. The summed E-state index contributed by atoms with van der Waals surface area (Å²) in [7, 11) is 0. The molecule has 1 aromatic carbocycles. The van der Waals surface area contributed by atoms with Gasteiger partial charge in [-0.15, -0.1) is 0 Å². The average Bonchev–Trinajstić information content (AvgIpc) is 3.16. The van der Waals surface area contributed by atoms with Crippen molar-refractivity contribution in [2.75, 3.05) is 13.2 Å². The fraction of sp³-hybridized carbons (Fsp3) is 0.312. The number of aromatic amines is 1. The molecule has 0 saturated heterocycles. The molecular weight excluding hydrogens is 294 g/mol. The predicted molar refractivity (Wildman–Crippen MR) is 86.1 cm³/mol. The first-order valence-corrected chi connectivity index (χ1v) is 7.56. The van der Waals surface area contributed by atoms with Crippen molar-refractivity contribution in [2.45, 2.75) is 19.9 Å². The maximum Gasteiger partial charge on any atom is 0.355 e. The number of H-pyrrole nitrogens is 1. The summed E-state index contributed by atoms with van der Waals surface area (Å²) in [6.07, 6.45) is 3.79. The molecule has 2 aromatic heterocycles. The van der Waals surface area contributed by atoms with Crippen LogP contribution in [0.25, 0.3) is 10.9 Å². The van der Waals surface area contributed by atoms with Gasteiger partial charge in [0.2, 0.25) is 0 Å². The number of carbonyl (C=O) groups is 1. The number of hydrogen-bond acceptors (Lipinski definition) is 5. The molecule has 0 spiro atoms. The van der Waals surface area contributed by atoms with Gasteiger partial charge in [-0.1, -0.05) is 6.07 Å². The Morgan fingerprint density at radius 1 is 1.43 bits per heavy atom. The molecule has 0 unspecified atom stereocenters. The molecule has 23 heavy (non-hydrogen) atoms. The number of rotatable bonds is 6. The highest BCUT2D eigenvalue weighted by Gasteiger charge is 2.18. The van der Waals surface area contributed by atoms with E-state index >= 15 is 0 Å². The molecule has 7 heteroatoms. The molecule has 0 saturated carbocycles. The zero-order valence-electron chi connectivity index (χ0n) is 13.0. The highest BCUT2D eigenvalue weighted by Crippen LogP contribution is 2.25. The second-order valence-corrected chi connectivity index (χ2v) is 5.21. The Bertz CT molecular complexity index is 807. The normalized spacial score (nSPS) is 11.0. The van der Waals surface area contributed by atoms with Crippen molar-refractivity contribution in [3.63, 3.8) is 0 Å². The van der Waals surface area contributed by atoms with Crippen molar-refractivity contribution in [2.24, 2.45) is 5.73 Å². The second-order valence-electron chi connectivity index (χ2n) is 5.21. The van der Waals surface area contributed by atoms with E-state index in [2.05, 4.69) is 21.1 Å². The van der Waals surface area contributed by atoms with Crippen LogP contribution in [-0.2, 0) is 17.7 Å². The van der Waals surface area contributed by atoms with Gasteiger partial charge in [0.1, 0.15) is 18.3 Å². The van der Waals surface area contributed by atoms with Crippen molar-refractivity contribution in [1.82, 2.24) is 19.7 Å². The predicted octanol–water partition coefficient (Wildman–Crippen LogP) is 1.49. The van der Waals surface area contributed by atoms with E-state index in [9.17, 15) is 4.79 Å². The van der Waals surface area contributed by atoms with Gasteiger partial charge in [0.15, 0.2) is 0 Å². The lowest BCUT2D eigenvalue weighted by Crippen LogP contribution is -2.11. The van der Waals surface area contributed by atoms with Crippen LogP contribution in [0.3, 0.4) is 0 Å². The minimum atomic E-state index is -0.343. The minimum absolute atomic E-state index is 0.341. The van der Waals surface area contributed by atoms with E-state index in [1.807, 2.05) is 12.1 Å². The monoisotopic (exact) mass is 313 g/mol. The Morgan fingerprint density at radius 3 is 3.00 bits per heavy atom. The Hall–Kier alpha value is -2.67. The molecule has 0 bridgehead atoms. The summed E-state index contributed by atoms with van der Waals surface area (Å²) in [6.45, 7) is 3.22. The van der Waals surface area contributed by atoms with Crippen LogP contribution < -0.4 is 5.73 Å². The highest BCUT2D eigenvalue weighted by atomic mass is 16.5. The summed E-state index contributed by atoms with van der Waals surface area (Å²) in [6, 6.07) is 6.02. The van der Waals surface area contributed by atoms with Crippen molar-refractivity contribution in [3.05, 3.63) is 47.7 Å². The first-order chi connectivity index (χ1) is 11.2. The summed E-state index contributed by atoms with van der Waals surface area (Å²) in [5.41, 5.74) is 9.09. The van der Waals surface area contributed by atoms with Gasteiger partial charge in [-0.25, -0.2) is 14.5 Å². The molecule has 0 aliphatic rings. The molecule has 0 radical (unpaired) electrons. The Labute approximate surface area is 133 Å². The molecular formula is C16H19N5O2. The topological polar surface area (TPSA) is 98.8 Å². The Morgan fingerprint density at radius 2 is 2.30 bits per heavy atom. The van der Waals surface area contributed by atoms with Gasteiger partial charge < -0.3 is 15.5 Å². The van der Waals surface area contributed by atoms with Gasteiger partial charge in [0, 0.05) is 10.9 Å². The summed E-state index contributed by atoms with van der Waals surface area (Å²) in [5.74, 6) is -0.343. The SMILES string of the molecule is CCOC(=O)c1[nH]c2ccc(Cn3cncn3)cc2c1CCN. The number of carbonyl (C=O) groups excluding carboxylic acids is 1. The van der Waals surface area contributed by atoms with Gasteiger partial charge in [0.25, 0.3) is 0 Å². The van der Waals surface area contributed by atoms with E-state index in [1.165, 1.54) is 6.33 Å². The van der Waals surface area contributed by atoms with Gasteiger partial charge in [0.05, 0.1) is 13.2 Å². The largest absolute Gasteiger partial charge is 0.461 e. The number of hydrogen-bond donors (Lipinski definition) is 2. The lowest BCUT2D eigenvalue weighted by molar-refractivity contribution is 0.0519. The van der Waals surface area contributed by atoms with Gasteiger partial charge in [-0.2, -0.15) is 5.10 Å². The van der Waals surface area contributed by atoms with Crippen LogP contribution in [0.4, 0.5) is 0 Å². The fourth-order valence-electron chi connectivity index (χ4n) is 2.68. The quantitative estimate of drug-likeness (QED) is 0.672. The maximum absolute atomic E-state index is 12.1. The van der Waals surface area contributed by atoms with E-state index < -0.39 is 0 Å². The lowest BCUT2D eigenvalue weighted by atomic mass is 10.0. The van der Waals surface area contributed by atoms with Crippen molar-refractivity contribution in [1.29, 1.82) is 0 Å². The van der Waals surface area contributed by atoms with E-state index in [4.69, 9.17) is 10.5 Å². The number of benzene rings is 1. The average molecular weight is 313 g/mol. The van der Waals surface area contributed by atoms with Crippen LogP contribution >= 0.6 is 0 Å². The lowest BCUT2D eigenvalue weighted by Gasteiger charge is -2.04. The number of fused-ring (bicyclic) bond motifs is 1. The Kier molecular flexibility index (Phi) is 4.38.